The summed E-state index contributed by atoms with van der Waals surface area (Å²) in [6.07, 6.45) is 2.22. The maximum absolute atomic E-state index is 8.85. The van der Waals surface area contributed by atoms with Crippen LogP contribution in [-0.4, -0.2) is 28.7 Å². The van der Waals surface area contributed by atoms with Crippen molar-refractivity contribution in [2.24, 2.45) is 5.92 Å². The lowest BCUT2D eigenvalue weighted by Crippen LogP contribution is -2.28. The lowest BCUT2D eigenvalue weighted by atomic mass is 9.89. The van der Waals surface area contributed by atoms with Gasteiger partial charge in [0.2, 0.25) is 0 Å². The molecule has 58 valence electrons. The van der Waals surface area contributed by atoms with Crippen molar-refractivity contribution in [3.8, 4) is 0 Å². The number of aliphatic hydroxyl groups is 2. The van der Waals surface area contributed by atoms with Gasteiger partial charge >= 0.3 is 0 Å². The molecule has 3 heteroatoms. The largest absolute Gasteiger partial charge is 0.374 e. The zero-order valence-corrected chi connectivity index (χ0v) is 5.73. The number of hydrogen-bond donors (Lipinski definition) is 2. The molecule has 2 rings (SSSR count). The molecule has 3 unspecified atom stereocenters. The molecule has 2 saturated heterocycles. The van der Waals surface area contributed by atoms with Crippen LogP contribution in [0.3, 0.4) is 0 Å². The van der Waals surface area contributed by atoms with Crippen LogP contribution in [0, 0.1) is 5.92 Å². The van der Waals surface area contributed by atoms with Crippen LogP contribution in [0.15, 0.2) is 0 Å². The summed E-state index contributed by atoms with van der Waals surface area (Å²) in [7, 11) is 0. The first-order valence-corrected chi connectivity index (χ1v) is 3.79. The summed E-state index contributed by atoms with van der Waals surface area (Å²) in [5.74, 6) is -0.0150. The molecule has 2 bridgehead atoms. The van der Waals surface area contributed by atoms with Gasteiger partial charge in [-0.2, -0.15) is 0 Å². The van der Waals surface area contributed by atoms with E-state index in [1.165, 1.54) is 0 Å². The van der Waals surface area contributed by atoms with E-state index in [4.69, 9.17) is 14.9 Å². The van der Waals surface area contributed by atoms with Crippen molar-refractivity contribution in [3.05, 3.63) is 0 Å². The van der Waals surface area contributed by atoms with Crippen LogP contribution in [0.1, 0.15) is 19.3 Å². The molecule has 0 radical (unpaired) electrons. The standard InChI is InChI=1S/C7H12O3/c8-7(9)5-3-4-1-2-6(5)10-4/h4-9H,1-3H2. The number of aliphatic hydroxyl groups excluding tert-OH is 1. The van der Waals surface area contributed by atoms with Gasteiger partial charge < -0.3 is 14.9 Å². The Bertz CT molecular complexity index is 135. The summed E-state index contributed by atoms with van der Waals surface area (Å²) in [4.78, 5) is 0. The van der Waals surface area contributed by atoms with Crippen molar-refractivity contribution in [2.45, 2.75) is 37.8 Å². The average Bonchev–Trinajstić information content (AvgIpc) is 2.44. The van der Waals surface area contributed by atoms with Crippen LogP contribution in [-0.2, 0) is 4.74 Å². The molecule has 0 aromatic heterocycles. The van der Waals surface area contributed by atoms with Crippen molar-refractivity contribution in [1.29, 1.82) is 0 Å². The van der Waals surface area contributed by atoms with Crippen molar-refractivity contribution >= 4 is 0 Å². The quantitative estimate of drug-likeness (QED) is 0.504. The Labute approximate surface area is 59.6 Å². The third-order valence-electron chi connectivity index (χ3n) is 2.54. The zero-order valence-electron chi connectivity index (χ0n) is 5.73. The Balaban J connectivity index is 2.02. The molecule has 2 heterocycles. The Morgan fingerprint density at radius 3 is 2.40 bits per heavy atom. The summed E-state index contributed by atoms with van der Waals surface area (Å²) >= 11 is 0. The molecular weight excluding hydrogens is 132 g/mol. The van der Waals surface area contributed by atoms with Crippen molar-refractivity contribution < 1.29 is 14.9 Å². The molecule has 0 spiro atoms. The Morgan fingerprint density at radius 1 is 1.30 bits per heavy atom. The highest BCUT2D eigenvalue weighted by atomic mass is 16.5. The molecule has 0 aromatic rings. The molecule has 0 aliphatic carbocycles. The first-order chi connectivity index (χ1) is 4.77. The SMILES string of the molecule is OC(O)C1CC2CCC1O2. The van der Waals surface area contributed by atoms with E-state index < -0.39 is 6.29 Å². The van der Waals surface area contributed by atoms with Gasteiger partial charge in [0, 0.05) is 5.92 Å². The highest BCUT2D eigenvalue weighted by Crippen LogP contribution is 2.39. The number of rotatable bonds is 1. The normalized spacial score (nSPS) is 45.3. The fraction of sp³-hybridized carbons (Fsp3) is 1.00. The molecule has 2 fully saturated rings. The summed E-state index contributed by atoms with van der Waals surface area (Å²) in [6, 6.07) is 0. The molecule has 10 heavy (non-hydrogen) atoms. The topological polar surface area (TPSA) is 49.7 Å². The van der Waals surface area contributed by atoms with Crippen molar-refractivity contribution in [3.63, 3.8) is 0 Å². The predicted molar refractivity (Wildman–Crippen MR) is 34.2 cm³/mol. The number of ether oxygens (including phenoxy) is 1. The van der Waals surface area contributed by atoms with Crippen molar-refractivity contribution in [2.75, 3.05) is 0 Å². The number of fused-ring (bicyclic) bond motifs is 2. The molecule has 2 aliphatic heterocycles. The van der Waals surface area contributed by atoms with Gasteiger partial charge in [0.1, 0.15) is 0 Å². The summed E-state index contributed by atoms with van der Waals surface area (Å²) in [6.45, 7) is 0. The van der Waals surface area contributed by atoms with Crippen LogP contribution in [0.2, 0.25) is 0 Å². The number of hydrogen-bond acceptors (Lipinski definition) is 3. The van der Waals surface area contributed by atoms with E-state index in [0.29, 0.717) is 6.10 Å². The fourth-order valence-electron chi connectivity index (χ4n) is 1.99. The predicted octanol–water partition coefficient (Wildman–Crippen LogP) is -0.135. The van der Waals surface area contributed by atoms with Crippen LogP contribution in [0.25, 0.3) is 0 Å². The van der Waals surface area contributed by atoms with Crippen LogP contribution in [0.5, 0.6) is 0 Å². The van der Waals surface area contributed by atoms with E-state index in [0.717, 1.165) is 19.3 Å². The molecular formula is C7H12O3. The Morgan fingerprint density at radius 2 is 2.10 bits per heavy atom. The lowest BCUT2D eigenvalue weighted by Gasteiger charge is -2.19. The van der Waals surface area contributed by atoms with Gasteiger partial charge in [0.25, 0.3) is 0 Å². The first kappa shape index (κ1) is 6.58. The molecule has 0 aromatic carbocycles. The third-order valence-corrected chi connectivity index (χ3v) is 2.54. The van der Waals surface area contributed by atoms with E-state index in [1.807, 2.05) is 0 Å². The van der Waals surface area contributed by atoms with Gasteiger partial charge in [-0.25, -0.2) is 0 Å². The van der Waals surface area contributed by atoms with Gasteiger partial charge in [0.15, 0.2) is 6.29 Å². The first-order valence-electron chi connectivity index (χ1n) is 3.79. The van der Waals surface area contributed by atoms with Gasteiger partial charge in [-0.05, 0) is 19.3 Å². The maximum Gasteiger partial charge on any atom is 0.156 e. The van der Waals surface area contributed by atoms with E-state index in [-0.39, 0.29) is 12.0 Å². The minimum absolute atomic E-state index is 0.0150. The van der Waals surface area contributed by atoms with Crippen LogP contribution < -0.4 is 0 Å². The van der Waals surface area contributed by atoms with Crippen LogP contribution in [0.4, 0.5) is 0 Å². The minimum Gasteiger partial charge on any atom is -0.374 e. The second-order valence-corrected chi connectivity index (χ2v) is 3.19. The molecule has 2 aliphatic rings. The monoisotopic (exact) mass is 144 g/mol. The van der Waals surface area contributed by atoms with E-state index in [9.17, 15) is 0 Å². The molecule has 0 saturated carbocycles. The summed E-state index contributed by atoms with van der Waals surface area (Å²) < 4.78 is 5.43. The highest BCUT2D eigenvalue weighted by Gasteiger charge is 2.43. The summed E-state index contributed by atoms with van der Waals surface area (Å²) in [5.41, 5.74) is 0. The summed E-state index contributed by atoms with van der Waals surface area (Å²) in [5, 5.41) is 17.7. The second-order valence-electron chi connectivity index (χ2n) is 3.19. The molecule has 0 amide bonds. The van der Waals surface area contributed by atoms with Gasteiger partial charge in [0.05, 0.1) is 12.2 Å². The van der Waals surface area contributed by atoms with E-state index in [1.54, 1.807) is 0 Å². The second kappa shape index (κ2) is 2.19. The smallest absolute Gasteiger partial charge is 0.156 e. The maximum atomic E-state index is 8.85. The van der Waals surface area contributed by atoms with Gasteiger partial charge in [-0.3, -0.25) is 0 Å². The fourth-order valence-corrected chi connectivity index (χ4v) is 1.99. The van der Waals surface area contributed by atoms with Gasteiger partial charge in [-0.15, -0.1) is 0 Å². The highest BCUT2D eigenvalue weighted by molar-refractivity contribution is 4.90. The Hall–Kier alpha value is -0.120. The van der Waals surface area contributed by atoms with Crippen LogP contribution >= 0.6 is 0 Å². The van der Waals surface area contributed by atoms with E-state index >= 15 is 0 Å². The minimum atomic E-state index is -1.17. The van der Waals surface area contributed by atoms with Crippen molar-refractivity contribution in [1.82, 2.24) is 0 Å². The third kappa shape index (κ3) is 0.856. The average molecular weight is 144 g/mol. The van der Waals surface area contributed by atoms with Gasteiger partial charge in [-0.1, -0.05) is 0 Å². The zero-order chi connectivity index (χ0) is 7.14. The Kier molecular flexibility index (Phi) is 1.44. The molecule has 2 N–H and O–H groups in total. The lowest BCUT2D eigenvalue weighted by molar-refractivity contribution is -0.0994. The molecule has 3 atom stereocenters. The molecule has 3 nitrogen and oxygen atoms in total. The van der Waals surface area contributed by atoms with E-state index in [2.05, 4.69) is 0 Å².